The Morgan fingerprint density at radius 2 is 1.89 bits per heavy atom. The van der Waals surface area contributed by atoms with Crippen LogP contribution >= 0.6 is 0 Å². The largest absolute Gasteiger partial charge is 0.411 e. The summed E-state index contributed by atoms with van der Waals surface area (Å²) in [5.41, 5.74) is 3.04. The lowest BCUT2D eigenvalue weighted by Crippen LogP contribution is -2.39. The van der Waals surface area contributed by atoms with E-state index in [2.05, 4.69) is 5.16 Å². The fourth-order valence-corrected chi connectivity index (χ4v) is 2.11. The summed E-state index contributed by atoms with van der Waals surface area (Å²) in [6.07, 6.45) is 1.80. The molecule has 1 N–H and O–H groups in total. The molecule has 0 atom stereocenters. The molecule has 1 fully saturated rings. The highest BCUT2D eigenvalue weighted by Gasteiger charge is 2.19. The number of piperidine rings is 1. The first-order chi connectivity index (χ1) is 8.69. The number of amides is 1. The Labute approximate surface area is 107 Å². The van der Waals surface area contributed by atoms with Crippen LogP contribution in [0.25, 0.3) is 0 Å². The summed E-state index contributed by atoms with van der Waals surface area (Å²) in [4.78, 5) is 13.9. The highest BCUT2D eigenvalue weighted by Crippen LogP contribution is 2.11. The fraction of sp³-hybridized carbons (Fsp3) is 0.429. The van der Waals surface area contributed by atoms with Crippen LogP contribution in [0.3, 0.4) is 0 Å². The summed E-state index contributed by atoms with van der Waals surface area (Å²) in [6, 6.07) is 8.04. The number of rotatable bonds is 2. The SMILES string of the molecule is Cc1ccc(CC(=O)N2CCC(=NO)CC2)cc1. The lowest BCUT2D eigenvalue weighted by atomic mass is 10.1. The van der Waals surface area contributed by atoms with Crippen molar-refractivity contribution < 1.29 is 10.0 Å². The standard InChI is InChI=1S/C14H18N2O2/c1-11-2-4-12(5-3-11)10-14(17)16-8-6-13(15-18)7-9-16/h2-5,18H,6-10H2,1H3. The number of hydrogen-bond acceptors (Lipinski definition) is 3. The zero-order valence-electron chi connectivity index (χ0n) is 10.6. The maximum absolute atomic E-state index is 12.1. The molecule has 1 aliphatic rings. The van der Waals surface area contributed by atoms with Gasteiger partial charge in [-0.3, -0.25) is 4.79 Å². The van der Waals surface area contributed by atoms with E-state index in [1.165, 1.54) is 5.56 Å². The molecule has 18 heavy (non-hydrogen) atoms. The topological polar surface area (TPSA) is 52.9 Å². The molecule has 4 heteroatoms. The van der Waals surface area contributed by atoms with Gasteiger partial charge in [0, 0.05) is 25.9 Å². The molecular formula is C14H18N2O2. The Bertz CT molecular complexity index is 441. The van der Waals surface area contributed by atoms with Gasteiger partial charge in [-0.25, -0.2) is 0 Å². The van der Waals surface area contributed by atoms with Crippen molar-refractivity contribution in [1.29, 1.82) is 0 Å². The molecule has 0 aliphatic carbocycles. The van der Waals surface area contributed by atoms with Gasteiger partial charge in [0.05, 0.1) is 12.1 Å². The van der Waals surface area contributed by atoms with Gasteiger partial charge >= 0.3 is 0 Å². The number of carbonyl (C=O) groups excluding carboxylic acids is 1. The second-order valence-corrected chi connectivity index (χ2v) is 4.71. The maximum atomic E-state index is 12.1. The molecule has 0 spiro atoms. The van der Waals surface area contributed by atoms with E-state index in [9.17, 15) is 4.79 Å². The van der Waals surface area contributed by atoms with Gasteiger partial charge in [-0.2, -0.15) is 0 Å². The molecule has 0 aromatic heterocycles. The predicted octanol–water partition coefficient (Wildman–Crippen LogP) is 1.99. The first kappa shape index (κ1) is 12.6. The van der Waals surface area contributed by atoms with E-state index >= 15 is 0 Å². The number of carbonyl (C=O) groups is 1. The molecule has 0 unspecified atom stereocenters. The van der Waals surface area contributed by atoms with Crippen LogP contribution in [0.1, 0.15) is 24.0 Å². The monoisotopic (exact) mass is 246 g/mol. The van der Waals surface area contributed by atoms with E-state index in [4.69, 9.17) is 5.21 Å². The molecule has 1 aliphatic heterocycles. The minimum Gasteiger partial charge on any atom is -0.411 e. The molecule has 4 nitrogen and oxygen atoms in total. The summed E-state index contributed by atoms with van der Waals surface area (Å²) in [5, 5.41) is 11.9. The number of benzene rings is 1. The smallest absolute Gasteiger partial charge is 0.227 e. The van der Waals surface area contributed by atoms with Crippen LogP contribution in [0.4, 0.5) is 0 Å². The number of likely N-dealkylation sites (tertiary alicyclic amines) is 1. The van der Waals surface area contributed by atoms with Crippen LogP contribution in [-0.2, 0) is 11.2 Å². The first-order valence-corrected chi connectivity index (χ1v) is 6.22. The van der Waals surface area contributed by atoms with Gasteiger partial charge in [0.1, 0.15) is 0 Å². The lowest BCUT2D eigenvalue weighted by Gasteiger charge is -2.27. The average molecular weight is 246 g/mol. The van der Waals surface area contributed by atoms with Crippen molar-refractivity contribution in [2.45, 2.75) is 26.2 Å². The van der Waals surface area contributed by atoms with Crippen molar-refractivity contribution in [3.8, 4) is 0 Å². The van der Waals surface area contributed by atoms with Crippen LogP contribution in [0.2, 0.25) is 0 Å². The van der Waals surface area contributed by atoms with Crippen molar-refractivity contribution in [3.63, 3.8) is 0 Å². The maximum Gasteiger partial charge on any atom is 0.227 e. The van der Waals surface area contributed by atoms with Gasteiger partial charge < -0.3 is 10.1 Å². The molecule has 96 valence electrons. The van der Waals surface area contributed by atoms with Gasteiger partial charge in [-0.05, 0) is 12.5 Å². The van der Waals surface area contributed by atoms with Gasteiger partial charge in [-0.15, -0.1) is 0 Å². The summed E-state index contributed by atoms with van der Waals surface area (Å²) in [6.45, 7) is 3.35. The zero-order valence-corrected chi connectivity index (χ0v) is 10.6. The lowest BCUT2D eigenvalue weighted by molar-refractivity contribution is -0.130. The van der Waals surface area contributed by atoms with Crippen molar-refractivity contribution in [2.24, 2.45) is 5.16 Å². The molecule has 1 amide bonds. The third-order valence-corrected chi connectivity index (χ3v) is 3.31. The molecule has 1 heterocycles. The number of aryl methyl sites for hydroxylation is 1. The van der Waals surface area contributed by atoms with Gasteiger partial charge in [0.25, 0.3) is 0 Å². The van der Waals surface area contributed by atoms with E-state index < -0.39 is 0 Å². The van der Waals surface area contributed by atoms with E-state index in [1.807, 2.05) is 36.1 Å². The average Bonchev–Trinajstić information content (AvgIpc) is 2.41. The Morgan fingerprint density at radius 3 is 2.44 bits per heavy atom. The van der Waals surface area contributed by atoms with Crippen LogP contribution in [0.15, 0.2) is 29.4 Å². The van der Waals surface area contributed by atoms with E-state index in [1.54, 1.807) is 0 Å². The molecule has 0 saturated carbocycles. The summed E-state index contributed by atoms with van der Waals surface area (Å²) < 4.78 is 0. The molecule has 1 aromatic carbocycles. The highest BCUT2D eigenvalue weighted by molar-refractivity contribution is 5.87. The third kappa shape index (κ3) is 3.09. The van der Waals surface area contributed by atoms with Gasteiger partial charge in [-0.1, -0.05) is 35.0 Å². The van der Waals surface area contributed by atoms with Crippen molar-refractivity contribution >= 4 is 11.6 Å². The highest BCUT2D eigenvalue weighted by atomic mass is 16.4. The molecule has 0 bridgehead atoms. The van der Waals surface area contributed by atoms with Crippen molar-refractivity contribution in [2.75, 3.05) is 13.1 Å². The molecular weight excluding hydrogens is 228 g/mol. The van der Waals surface area contributed by atoms with Gasteiger partial charge in [0.15, 0.2) is 0 Å². The number of nitrogens with zero attached hydrogens (tertiary/aromatic N) is 2. The predicted molar refractivity (Wildman–Crippen MR) is 69.9 cm³/mol. The van der Waals surface area contributed by atoms with E-state index in [0.29, 0.717) is 32.4 Å². The van der Waals surface area contributed by atoms with Crippen molar-refractivity contribution in [3.05, 3.63) is 35.4 Å². The quantitative estimate of drug-likeness (QED) is 0.641. The second kappa shape index (κ2) is 5.67. The molecule has 2 rings (SSSR count). The Morgan fingerprint density at radius 1 is 1.28 bits per heavy atom. The molecule has 0 radical (unpaired) electrons. The Hall–Kier alpha value is -1.84. The zero-order chi connectivity index (χ0) is 13.0. The Kier molecular flexibility index (Phi) is 3.97. The van der Waals surface area contributed by atoms with E-state index in [0.717, 1.165) is 11.3 Å². The minimum absolute atomic E-state index is 0.149. The number of oxime groups is 1. The summed E-state index contributed by atoms with van der Waals surface area (Å²) in [5.74, 6) is 0.149. The molecule has 1 saturated heterocycles. The molecule has 1 aromatic rings. The van der Waals surface area contributed by atoms with E-state index in [-0.39, 0.29) is 5.91 Å². The normalized spacial score (nSPS) is 15.6. The summed E-state index contributed by atoms with van der Waals surface area (Å²) in [7, 11) is 0. The van der Waals surface area contributed by atoms with Crippen LogP contribution in [-0.4, -0.2) is 34.8 Å². The minimum atomic E-state index is 0.149. The first-order valence-electron chi connectivity index (χ1n) is 6.22. The van der Waals surface area contributed by atoms with Gasteiger partial charge in [0.2, 0.25) is 5.91 Å². The van der Waals surface area contributed by atoms with Crippen LogP contribution in [0, 0.1) is 6.92 Å². The third-order valence-electron chi connectivity index (χ3n) is 3.31. The van der Waals surface area contributed by atoms with Crippen LogP contribution < -0.4 is 0 Å². The fourth-order valence-electron chi connectivity index (χ4n) is 2.11. The van der Waals surface area contributed by atoms with Crippen molar-refractivity contribution in [1.82, 2.24) is 4.90 Å². The van der Waals surface area contributed by atoms with Crippen LogP contribution in [0.5, 0.6) is 0 Å². The second-order valence-electron chi connectivity index (χ2n) is 4.71. The summed E-state index contributed by atoms with van der Waals surface area (Å²) >= 11 is 0. The Balaban J connectivity index is 1.91. The number of hydrogen-bond donors (Lipinski definition) is 1.